The van der Waals surface area contributed by atoms with Crippen LogP contribution in [0.2, 0.25) is 0 Å². The first kappa shape index (κ1) is 15.1. The number of aliphatic hydroxyl groups is 1. The van der Waals surface area contributed by atoms with Crippen molar-refractivity contribution in [1.82, 2.24) is 9.88 Å². The Bertz CT molecular complexity index is 636. The molecule has 1 aliphatic rings. The number of rotatable bonds is 4. The quantitative estimate of drug-likeness (QED) is 0.943. The second-order valence-electron chi connectivity index (χ2n) is 5.67. The van der Waals surface area contributed by atoms with Crippen LogP contribution in [-0.2, 0) is 6.42 Å². The zero-order valence-electron chi connectivity index (χ0n) is 12.1. The Hall–Kier alpha value is -1.85. The Morgan fingerprint density at radius 2 is 1.95 bits per heavy atom. The van der Waals surface area contributed by atoms with Crippen molar-refractivity contribution >= 4 is 0 Å². The summed E-state index contributed by atoms with van der Waals surface area (Å²) in [5.74, 6) is -0.874. The third-order valence-electron chi connectivity index (χ3n) is 4.14. The summed E-state index contributed by atoms with van der Waals surface area (Å²) < 4.78 is 27.4. The fraction of sp³-hybridized carbons (Fsp3) is 0.353. The number of benzene rings is 1. The van der Waals surface area contributed by atoms with Gasteiger partial charge in [0, 0.05) is 37.1 Å². The molecule has 1 N–H and O–H groups in total. The second kappa shape index (κ2) is 6.50. The summed E-state index contributed by atoms with van der Waals surface area (Å²) in [4.78, 5) is 5.99. The van der Waals surface area contributed by atoms with Crippen LogP contribution >= 0.6 is 0 Å². The van der Waals surface area contributed by atoms with Crippen molar-refractivity contribution in [3.8, 4) is 0 Å². The van der Waals surface area contributed by atoms with Gasteiger partial charge in [-0.05, 0) is 48.7 Å². The number of nitrogens with zero attached hydrogens (tertiary/aromatic N) is 2. The fourth-order valence-electron chi connectivity index (χ4n) is 3.04. The van der Waals surface area contributed by atoms with E-state index in [0.717, 1.165) is 24.1 Å². The van der Waals surface area contributed by atoms with Gasteiger partial charge < -0.3 is 5.11 Å². The molecular formula is C17H18F2N2O. The standard InChI is InChI=1S/C17H18F2N2O/c18-13-1-2-16(19)15(9-13)17-10-14(22)11-21(17)8-5-12-3-6-20-7-4-12/h1-4,6-7,9,14,17,22H,5,8,10-11H2/t14-,17+/m1/s1. The third-order valence-corrected chi connectivity index (χ3v) is 4.14. The molecule has 1 aromatic carbocycles. The van der Waals surface area contributed by atoms with Crippen LogP contribution in [0.1, 0.15) is 23.6 Å². The minimum absolute atomic E-state index is 0.285. The molecule has 0 saturated carbocycles. The number of pyridine rings is 1. The zero-order chi connectivity index (χ0) is 15.5. The van der Waals surface area contributed by atoms with Crippen LogP contribution in [0.5, 0.6) is 0 Å². The van der Waals surface area contributed by atoms with E-state index in [1.807, 2.05) is 17.0 Å². The maximum Gasteiger partial charge on any atom is 0.128 e. The molecule has 5 heteroatoms. The van der Waals surface area contributed by atoms with Crippen molar-refractivity contribution in [2.45, 2.75) is 25.0 Å². The summed E-state index contributed by atoms with van der Waals surface area (Å²) in [6, 6.07) is 7.08. The van der Waals surface area contributed by atoms with E-state index in [0.29, 0.717) is 25.1 Å². The molecule has 2 atom stereocenters. The molecule has 2 aromatic rings. The van der Waals surface area contributed by atoms with E-state index in [1.54, 1.807) is 12.4 Å². The molecule has 1 saturated heterocycles. The van der Waals surface area contributed by atoms with Gasteiger partial charge in [0.2, 0.25) is 0 Å². The molecule has 0 radical (unpaired) electrons. The van der Waals surface area contributed by atoms with Gasteiger partial charge in [0.15, 0.2) is 0 Å². The van der Waals surface area contributed by atoms with Gasteiger partial charge in [0.1, 0.15) is 11.6 Å². The van der Waals surface area contributed by atoms with E-state index in [-0.39, 0.29) is 6.04 Å². The zero-order valence-corrected chi connectivity index (χ0v) is 12.1. The number of halogens is 2. The Morgan fingerprint density at radius 1 is 1.18 bits per heavy atom. The molecule has 1 fully saturated rings. The highest BCUT2D eigenvalue weighted by atomic mass is 19.1. The molecule has 116 valence electrons. The van der Waals surface area contributed by atoms with E-state index in [2.05, 4.69) is 4.98 Å². The van der Waals surface area contributed by atoms with Crippen molar-refractivity contribution < 1.29 is 13.9 Å². The molecule has 0 spiro atoms. The average Bonchev–Trinajstić information content (AvgIpc) is 2.89. The minimum atomic E-state index is -0.509. The van der Waals surface area contributed by atoms with Crippen LogP contribution in [0.3, 0.4) is 0 Å². The average molecular weight is 304 g/mol. The number of hydrogen-bond acceptors (Lipinski definition) is 3. The highest BCUT2D eigenvalue weighted by Gasteiger charge is 2.33. The molecule has 1 aromatic heterocycles. The van der Waals surface area contributed by atoms with Gasteiger partial charge >= 0.3 is 0 Å². The van der Waals surface area contributed by atoms with Gasteiger partial charge in [0.25, 0.3) is 0 Å². The number of β-amino-alcohol motifs (C(OH)–C–C–N with tert-alkyl or cyclic N) is 1. The molecule has 3 nitrogen and oxygen atoms in total. The van der Waals surface area contributed by atoms with E-state index in [4.69, 9.17) is 0 Å². The molecule has 22 heavy (non-hydrogen) atoms. The van der Waals surface area contributed by atoms with Gasteiger partial charge in [-0.25, -0.2) is 8.78 Å². The summed E-state index contributed by atoms with van der Waals surface area (Å²) in [7, 11) is 0. The van der Waals surface area contributed by atoms with Crippen molar-refractivity contribution in [3.63, 3.8) is 0 Å². The van der Waals surface area contributed by atoms with E-state index < -0.39 is 17.7 Å². The van der Waals surface area contributed by atoms with E-state index in [9.17, 15) is 13.9 Å². The Kier molecular flexibility index (Phi) is 4.45. The van der Waals surface area contributed by atoms with Crippen LogP contribution in [-0.4, -0.2) is 34.2 Å². The van der Waals surface area contributed by atoms with Crippen LogP contribution in [0.25, 0.3) is 0 Å². The monoisotopic (exact) mass is 304 g/mol. The predicted molar refractivity (Wildman–Crippen MR) is 79.2 cm³/mol. The first-order chi connectivity index (χ1) is 10.6. The van der Waals surface area contributed by atoms with Crippen LogP contribution in [0.15, 0.2) is 42.7 Å². The van der Waals surface area contributed by atoms with Crippen LogP contribution in [0, 0.1) is 11.6 Å². The fourth-order valence-corrected chi connectivity index (χ4v) is 3.04. The maximum atomic E-state index is 14.0. The van der Waals surface area contributed by atoms with Crippen LogP contribution < -0.4 is 0 Å². The third kappa shape index (κ3) is 3.31. The molecule has 0 bridgehead atoms. The van der Waals surface area contributed by atoms with Gasteiger partial charge in [-0.1, -0.05) is 0 Å². The first-order valence-corrected chi connectivity index (χ1v) is 7.39. The lowest BCUT2D eigenvalue weighted by Crippen LogP contribution is -2.27. The van der Waals surface area contributed by atoms with E-state index in [1.165, 1.54) is 6.07 Å². The molecule has 0 unspecified atom stereocenters. The summed E-state index contributed by atoms with van der Waals surface area (Å²) in [6.07, 6.45) is 4.17. The summed E-state index contributed by atoms with van der Waals surface area (Å²) in [5, 5.41) is 9.92. The molecule has 2 heterocycles. The second-order valence-corrected chi connectivity index (χ2v) is 5.67. The Balaban J connectivity index is 1.76. The lowest BCUT2D eigenvalue weighted by molar-refractivity contribution is 0.175. The number of likely N-dealkylation sites (tertiary alicyclic amines) is 1. The van der Waals surface area contributed by atoms with Gasteiger partial charge in [-0.2, -0.15) is 0 Å². The van der Waals surface area contributed by atoms with Gasteiger partial charge in [0.05, 0.1) is 6.10 Å². The summed E-state index contributed by atoms with van der Waals surface area (Å²) >= 11 is 0. The lowest BCUT2D eigenvalue weighted by atomic mass is 10.0. The molecule has 0 aliphatic carbocycles. The van der Waals surface area contributed by atoms with Crippen molar-refractivity contribution in [2.24, 2.45) is 0 Å². The topological polar surface area (TPSA) is 36.4 Å². The summed E-state index contributed by atoms with van der Waals surface area (Å²) in [5.41, 5.74) is 1.46. The van der Waals surface area contributed by atoms with E-state index >= 15 is 0 Å². The Morgan fingerprint density at radius 3 is 2.73 bits per heavy atom. The highest BCUT2D eigenvalue weighted by Crippen LogP contribution is 2.34. The minimum Gasteiger partial charge on any atom is -0.392 e. The molecular weight excluding hydrogens is 286 g/mol. The van der Waals surface area contributed by atoms with Crippen molar-refractivity contribution in [2.75, 3.05) is 13.1 Å². The first-order valence-electron chi connectivity index (χ1n) is 7.39. The molecule has 0 amide bonds. The van der Waals surface area contributed by atoms with Gasteiger partial charge in [-0.15, -0.1) is 0 Å². The maximum absolute atomic E-state index is 14.0. The van der Waals surface area contributed by atoms with Crippen molar-refractivity contribution in [3.05, 3.63) is 65.5 Å². The largest absolute Gasteiger partial charge is 0.392 e. The number of aliphatic hydroxyl groups excluding tert-OH is 1. The summed E-state index contributed by atoms with van der Waals surface area (Å²) in [6.45, 7) is 1.16. The SMILES string of the molecule is O[C@@H]1C[C@@H](c2cc(F)ccc2F)N(CCc2ccncc2)C1. The van der Waals surface area contributed by atoms with Gasteiger partial charge in [-0.3, -0.25) is 9.88 Å². The smallest absolute Gasteiger partial charge is 0.128 e. The Labute approximate surface area is 128 Å². The molecule has 1 aliphatic heterocycles. The molecule has 3 rings (SSSR count). The highest BCUT2D eigenvalue weighted by molar-refractivity contribution is 5.24. The lowest BCUT2D eigenvalue weighted by Gasteiger charge is -2.24. The normalized spacial score (nSPS) is 22.1. The predicted octanol–water partition coefficient (Wildman–Crippen LogP) is 2.71. The van der Waals surface area contributed by atoms with Crippen LogP contribution in [0.4, 0.5) is 8.78 Å². The van der Waals surface area contributed by atoms with Crippen molar-refractivity contribution in [1.29, 1.82) is 0 Å². The number of aromatic nitrogens is 1. The number of hydrogen-bond donors (Lipinski definition) is 1.